The highest BCUT2D eigenvalue weighted by atomic mass is 28.4. The number of fused-ring (bicyclic) bond motifs is 5. The maximum absolute atomic E-state index is 14.0. The normalized spacial score (nSPS) is 44.1. The van der Waals surface area contributed by atoms with Gasteiger partial charge < -0.3 is 13.6 Å². The first kappa shape index (κ1) is 30.8. The van der Waals surface area contributed by atoms with Crippen LogP contribution in [0.25, 0.3) is 0 Å². The van der Waals surface area contributed by atoms with Crippen LogP contribution in [0, 0.1) is 45.8 Å². The summed E-state index contributed by atoms with van der Waals surface area (Å²) < 4.78 is 19.6. The molecule has 0 bridgehead atoms. The second-order valence-electron chi connectivity index (χ2n) is 16.3. The standard InChI is InChI=1S/C32H60O4Si2/c1-12-13-22(2)24-14-15-25-28-26(17-18-30(24,25)3)31(4)19-16-23(35-37(6,7)8)20-32(31,29(33)34-5)21-27(28)36-38(9,10)11/h22-28H,12-21H2,1-11H3/t22-,23-,24-,25+,26+,27-,28+,30-,31-,32?/m1/s1. The molecule has 0 amide bonds. The summed E-state index contributed by atoms with van der Waals surface area (Å²) in [6.07, 6.45) is 11.9. The molecule has 0 heterocycles. The topological polar surface area (TPSA) is 44.8 Å². The Morgan fingerprint density at radius 1 is 0.895 bits per heavy atom. The second kappa shape index (κ2) is 10.6. The summed E-state index contributed by atoms with van der Waals surface area (Å²) in [6, 6.07) is 0. The quantitative estimate of drug-likeness (QED) is 0.218. The van der Waals surface area contributed by atoms with E-state index in [1.165, 1.54) is 38.5 Å². The predicted molar refractivity (Wildman–Crippen MR) is 162 cm³/mol. The van der Waals surface area contributed by atoms with Crippen LogP contribution >= 0.6 is 0 Å². The first-order valence-corrected chi connectivity index (χ1v) is 22.8. The van der Waals surface area contributed by atoms with Gasteiger partial charge in [0.25, 0.3) is 0 Å². The molecule has 1 unspecified atom stereocenters. The maximum atomic E-state index is 14.0. The highest BCUT2D eigenvalue weighted by Crippen LogP contribution is 2.72. The van der Waals surface area contributed by atoms with Gasteiger partial charge >= 0.3 is 5.97 Å². The Morgan fingerprint density at radius 2 is 1.55 bits per heavy atom. The SMILES string of the molecule is CCC[C@@H](C)[C@H]1CC[C@H]2[C@@H]3[C@H](O[Si](C)(C)C)CC4(C(=O)OC)C[C@H](O[Si](C)(C)C)CC[C@]4(C)[C@H]3CC[C@]12C. The molecule has 38 heavy (non-hydrogen) atoms. The van der Waals surface area contributed by atoms with Crippen molar-refractivity contribution in [2.24, 2.45) is 45.8 Å². The summed E-state index contributed by atoms with van der Waals surface area (Å²) in [5.41, 5.74) is -0.175. The monoisotopic (exact) mass is 564 g/mol. The molecule has 0 saturated heterocycles. The fourth-order valence-electron chi connectivity index (χ4n) is 10.6. The molecule has 6 heteroatoms. The summed E-state index contributed by atoms with van der Waals surface area (Å²) in [4.78, 5) is 14.0. The minimum Gasteiger partial charge on any atom is -0.469 e. The fourth-order valence-corrected chi connectivity index (χ4v) is 13.0. The molecule has 4 aliphatic rings. The Morgan fingerprint density at radius 3 is 2.13 bits per heavy atom. The number of methoxy groups -OCH3 is 1. The summed E-state index contributed by atoms with van der Waals surface area (Å²) >= 11 is 0. The van der Waals surface area contributed by atoms with Crippen molar-refractivity contribution >= 4 is 22.6 Å². The van der Waals surface area contributed by atoms with Crippen molar-refractivity contribution in [3.05, 3.63) is 0 Å². The first-order valence-electron chi connectivity index (χ1n) is 16.0. The number of carbonyl (C=O) groups is 1. The molecule has 10 atom stereocenters. The van der Waals surface area contributed by atoms with Gasteiger partial charge in [-0.25, -0.2) is 0 Å². The smallest absolute Gasteiger partial charge is 0.312 e. The van der Waals surface area contributed by atoms with Crippen molar-refractivity contribution in [3.8, 4) is 0 Å². The molecular weight excluding hydrogens is 505 g/mol. The Labute approximate surface area is 237 Å². The average Bonchev–Trinajstić information content (AvgIpc) is 3.14. The average molecular weight is 565 g/mol. The van der Waals surface area contributed by atoms with Crippen LogP contribution in [0.5, 0.6) is 0 Å². The summed E-state index contributed by atoms with van der Waals surface area (Å²) in [6.45, 7) is 23.8. The van der Waals surface area contributed by atoms with Crippen molar-refractivity contribution in [2.75, 3.05) is 7.11 Å². The van der Waals surface area contributed by atoms with Crippen LogP contribution in [0.1, 0.15) is 91.9 Å². The Bertz CT molecular complexity index is 865. The van der Waals surface area contributed by atoms with E-state index in [0.717, 1.165) is 37.5 Å². The summed E-state index contributed by atoms with van der Waals surface area (Å²) in [5.74, 6) is 3.39. The lowest BCUT2D eigenvalue weighted by Crippen LogP contribution is -2.67. The minimum atomic E-state index is -1.83. The third kappa shape index (κ3) is 5.27. The molecule has 0 aromatic carbocycles. The Hall–Kier alpha value is -0.176. The van der Waals surface area contributed by atoms with Crippen molar-refractivity contribution in [1.29, 1.82) is 0 Å². The van der Waals surface area contributed by atoms with Gasteiger partial charge in [-0.3, -0.25) is 4.79 Å². The molecule has 0 spiro atoms. The first-order chi connectivity index (χ1) is 17.5. The van der Waals surface area contributed by atoms with Crippen LogP contribution in [0.2, 0.25) is 39.3 Å². The van der Waals surface area contributed by atoms with Crippen LogP contribution < -0.4 is 0 Å². The number of ether oxygens (including phenoxy) is 1. The van der Waals surface area contributed by atoms with Crippen molar-refractivity contribution in [2.45, 2.75) is 143 Å². The minimum absolute atomic E-state index is 0.000651. The third-order valence-corrected chi connectivity index (χ3v) is 13.9. The molecule has 4 rings (SSSR count). The van der Waals surface area contributed by atoms with E-state index in [-0.39, 0.29) is 23.6 Å². The zero-order valence-corrected chi connectivity index (χ0v) is 28.7. The van der Waals surface area contributed by atoms with Crippen LogP contribution in [0.4, 0.5) is 0 Å². The van der Waals surface area contributed by atoms with Gasteiger partial charge in [0.15, 0.2) is 16.6 Å². The van der Waals surface area contributed by atoms with E-state index in [1.807, 2.05) is 0 Å². The Balaban J connectivity index is 1.77. The molecule has 0 radical (unpaired) electrons. The summed E-state index contributed by atoms with van der Waals surface area (Å²) in [5, 5.41) is 0. The predicted octanol–water partition coefficient (Wildman–Crippen LogP) is 8.67. The van der Waals surface area contributed by atoms with Crippen LogP contribution in [0.15, 0.2) is 0 Å². The van der Waals surface area contributed by atoms with Gasteiger partial charge in [0, 0.05) is 12.2 Å². The van der Waals surface area contributed by atoms with Gasteiger partial charge in [-0.15, -0.1) is 0 Å². The molecule has 4 fully saturated rings. The van der Waals surface area contributed by atoms with E-state index in [4.69, 9.17) is 13.6 Å². The van der Waals surface area contributed by atoms with E-state index in [1.54, 1.807) is 7.11 Å². The van der Waals surface area contributed by atoms with Crippen LogP contribution in [-0.4, -0.2) is 41.9 Å². The molecule has 0 N–H and O–H groups in total. The number of esters is 1. The van der Waals surface area contributed by atoms with Crippen LogP contribution in [-0.2, 0) is 18.4 Å². The highest BCUT2D eigenvalue weighted by Gasteiger charge is 2.70. The van der Waals surface area contributed by atoms with Gasteiger partial charge in [0.1, 0.15) is 0 Å². The Kier molecular flexibility index (Phi) is 8.57. The van der Waals surface area contributed by atoms with Gasteiger partial charge in [0.2, 0.25) is 0 Å². The maximum Gasteiger partial charge on any atom is 0.312 e. The molecular formula is C32H60O4Si2. The number of hydrogen-bond acceptors (Lipinski definition) is 4. The third-order valence-electron chi connectivity index (χ3n) is 11.9. The van der Waals surface area contributed by atoms with Crippen LogP contribution in [0.3, 0.4) is 0 Å². The molecule has 0 aromatic heterocycles. The van der Waals surface area contributed by atoms with E-state index in [9.17, 15) is 4.79 Å². The summed E-state index contributed by atoms with van der Waals surface area (Å²) in [7, 11) is -1.95. The number of hydrogen-bond donors (Lipinski definition) is 0. The molecule has 4 saturated carbocycles. The number of rotatable bonds is 8. The lowest BCUT2D eigenvalue weighted by Gasteiger charge is -2.67. The van der Waals surface area contributed by atoms with Gasteiger partial charge in [0.05, 0.1) is 12.5 Å². The van der Waals surface area contributed by atoms with E-state index < -0.39 is 22.0 Å². The van der Waals surface area contributed by atoms with E-state index in [0.29, 0.717) is 23.2 Å². The number of carbonyl (C=O) groups excluding carboxylic acids is 1. The lowest BCUT2D eigenvalue weighted by atomic mass is 9.39. The largest absolute Gasteiger partial charge is 0.469 e. The molecule has 0 aliphatic heterocycles. The lowest BCUT2D eigenvalue weighted by molar-refractivity contribution is -0.224. The van der Waals surface area contributed by atoms with Gasteiger partial charge in [-0.1, -0.05) is 40.5 Å². The van der Waals surface area contributed by atoms with Crippen molar-refractivity contribution < 1.29 is 18.4 Å². The van der Waals surface area contributed by atoms with E-state index in [2.05, 4.69) is 67.0 Å². The van der Waals surface area contributed by atoms with E-state index >= 15 is 0 Å². The van der Waals surface area contributed by atoms with Gasteiger partial charge in [-0.2, -0.15) is 0 Å². The van der Waals surface area contributed by atoms with Crippen molar-refractivity contribution in [1.82, 2.24) is 0 Å². The molecule has 4 aliphatic carbocycles. The molecule has 0 aromatic rings. The fraction of sp³-hybridized carbons (Fsp3) is 0.969. The molecule has 4 nitrogen and oxygen atoms in total. The van der Waals surface area contributed by atoms with Gasteiger partial charge in [-0.05, 0) is 131 Å². The molecule has 220 valence electrons. The zero-order valence-electron chi connectivity index (χ0n) is 26.7. The second-order valence-corrected chi connectivity index (χ2v) is 25.3. The van der Waals surface area contributed by atoms with Crippen molar-refractivity contribution in [3.63, 3.8) is 0 Å². The zero-order chi connectivity index (χ0) is 28.3. The highest BCUT2D eigenvalue weighted by molar-refractivity contribution is 6.70.